The maximum Gasteiger partial charge on any atom is 0.286 e. The average molecular weight is 980 g/mol. The minimum atomic E-state index is -0.337. The number of fused-ring (bicyclic) bond motifs is 5. The highest BCUT2D eigenvalue weighted by Crippen LogP contribution is 2.45. The topological polar surface area (TPSA) is 130 Å². The number of hydrogen-bond donors (Lipinski definition) is 2. The molecule has 2 saturated heterocycles. The highest BCUT2D eigenvalue weighted by atomic mass is 35.5. The third kappa shape index (κ3) is 11.2. The number of aromatic nitrogens is 5. The van der Waals surface area contributed by atoms with Crippen molar-refractivity contribution >= 4 is 62.9 Å². The van der Waals surface area contributed by atoms with E-state index in [0.29, 0.717) is 30.6 Å². The normalized spacial score (nSPS) is 19.2. The van der Waals surface area contributed by atoms with Gasteiger partial charge in [0.2, 0.25) is 5.91 Å². The number of amides is 2. The van der Waals surface area contributed by atoms with Crippen LogP contribution in [0, 0.1) is 12.8 Å². The maximum absolute atomic E-state index is 11.6. The summed E-state index contributed by atoms with van der Waals surface area (Å²) in [5, 5.41) is 12.3. The summed E-state index contributed by atoms with van der Waals surface area (Å²) < 4.78 is 7.80. The van der Waals surface area contributed by atoms with E-state index in [1.165, 1.54) is 60.1 Å². The number of benzene rings is 4. The Hall–Kier alpha value is -5.73. The summed E-state index contributed by atoms with van der Waals surface area (Å²) in [4.78, 5) is 38.2. The number of halogens is 1. The van der Waals surface area contributed by atoms with E-state index >= 15 is 0 Å². The molecule has 2 fully saturated rings. The third-order valence-corrected chi connectivity index (χ3v) is 15.4. The molecule has 4 aromatic carbocycles. The number of pyridine rings is 1. The molecule has 0 spiro atoms. The zero-order chi connectivity index (χ0) is 47.9. The Labute approximate surface area is 418 Å². The highest BCUT2D eigenvalue weighted by Gasteiger charge is 2.40. The van der Waals surface area contributed by atoms with Gasteiger partial charge in [-0.05, 0) is 128 Å². The Morgan fingerprint density at radius 1 is 0.942 bits per heavy atom. The van der Waals surface area contributed by atoms with Crippen LogP contribution in [-0.4, -0.2) is 89.5 Å². The second-order valence-corrected chi connectivity index (χ2v) is 20.6. The molecule has 11 nitrogen and oxygen atoms in total. The Balaban J connectivity index is 0.000000129. The molecule has 6 heterocycles. The van der Waals surface area contributed by atoms with Gasteiger partial charge in [0.25, 0.3) is 5.24 Å². The molecule has 3 aliphatic heterocycles. The minimum absolute atomic E-state index is 0.211. The molecule has 2 N–H and O–H groups in total. The van der Waals surface area contributed by atoms with Crippen LogP contribution in [0.1, 0.15) is 83.3 Å². The molecule has 4 aliphatic rings. The van der Waals surface area contributed by atoms with Gasteiger partial charge in [-0.3, -0.25) is 34.3 Å². The van der Waals surface area contributed by atoms with Crippen LogP contribution in [0.5, 0.6) is 5.75 Å². The van der Waals surface area contributed by atoms with Gasteiger partial charge in [0.1, 0.15) is 18.1 Å². The van der Waals surface area contributed by atoms with Crippen LogP contribution < -0.4 is 10.1 Å². The Morgan fingerprint density at radius 3 is 2.51 bits per heavy atom. The number of likely N-dealkylation sites (tertiary alicyclic amines) is 1. The number of aliphatic imine (C=N–C) groups is 1. The molecule has 3 aromatic heterocycles. The molecule has 7 aromatic rings. The van der Waals surface area contributed by atoms with Crippen molar-refractivity contribution in [3.05, 3.63) is 171 Å². The monoisotopic (exact) mass is 978 g/mol. The molecule has 14 heteroatoms. The average Bonchev–Trinajstić information content (AvgIpc) is 4.02. The summed E-state index contributed by atoms with van der Waals surface area (Å²) in [5.41, 5.74) is 11.8. The molecular weight excluding hydrogens is 920 g/mol. The van der Waals surface area contributed by atoms with E-state index in [-0.39, 0.29) is 16.4 Å². The third-order valence-electron chi connectivity index (χ3n) is 13.4. The summed E-state index contributed by atoms with van der Waals surface area (Å²) in [6.07, 6.45) is 12.6. The molecular formula is C55H59ClN8O3S2. The van der Waals surface area contributed by atoms with E-state index < -0.39 is 0 Å². The fraction of sp³-hybridized carbons (Fsp3) is 0.345. The number of rotatable bonds is 12. The number of nitrogens with zero attached hydrogens (tertiary/aromatic N) is 6. The van der Waals surface area contributed by atoms with Gasteiger partial charge < -0.3 is 9.72 Å². The number of nitrogens with one attached hydrogen (secondary N) is 2. The predicted octanol–water partition coefficient (Wildman–Crippen LogP) is 11.0. The zero-order valence-electron chi connectivity index (χ0n) is 39.7. The second-order valence-electron chi connectivity index (χ2n) is 18.0. The van der Waals surface area contributed by atoms with Gasteiger partial charge in [0.05, 0.1) is 23.3 Å². The van der Waals surface area contributed by atoms with E-state index in [1.807, 2.05) is 96.2 Å². The van der Waals surface area contributed by atoms with Crippen molar-refractivity contribution in [2.75, 3.05) is 31.7 Å². The zero-order valence-corrected chi connectivity index (χ0v) is 42.0. The summed E-state index contributed by atoms with van der Waals surface area (Å²) in [5.74, 6) is 5.14. The summed E-state index contributed by atoms with van der Waals surface area (Å²) in [7, 11) is 0. The summed E-state index contributed by atoms with van der Waals surface area (Å²) >= 11 is 9.29. The van der Waals surface area contributed by atoms with Gasteiger partial charge in [0, 0.05) is 70.1 Å². The number of ether oxygens (including phenoxy) is 1. The molecule has 356 valence electrons. The molecule has 11 rings (SSSR count). The van der Waals surface area contributed by atoms with Crippen LogP contribution in [0.25, 0.3) is 16.6 Å². The quantitative estimate of drug-likeness (QED) is 0.123. The number of carbonyl (C=O) groups is 2. The van der Waals surface area contributed by atoms with E-state index in [1.54, 1.807) is 5.56 Å². The molecule has 2 amide bonds. The number of aromatic amines is 1. The number of carbonyl (C=O) groups excluding carboxylic acids is 2. The molecule has 0 saturated carbocycles. The first-order valence-electron chi connectivity index (χ1n) is 24.0. The summed E-state index contributed by atoms with van der Waals surface area (Å²) in [6.45, 7) is 9.98. The van der Waals surface area contributed by atoms with Crippen molar-refractivity contribution in [3.63, 3.8) is 0 Å². The molecule has 0 radical (unpaired) electrons. The van der Waals surface area contributed by atoms with Crippen LogP contribution in [0.15, 0.2) is 121 Å². The summed E-state index contributed by atoms with van der Waals surface area (Å²) in [6, 6.07) is 35.3. The minimum Gasteiger partial charge on any atom is -0.493 e. The van der Waals surface area contributed by atoms with E-state index in [4.69, 9.17) is 21.3 Å². The molecule has 69 heavy (non-hydrogen) atoms. The molecule has 4 atom stereocenters. The first-order valence-corrected chi connectivity index (χ1v) is 26.6. The first kappa shape index (κ1) is 48.3. The predicted molar refractivity (Wildman–Crippen MR) is 282 cm³/mol. The number of imide groups is 1. The number of hydrogen-bond acceptors (Lipinski definition) is 10. The van der Waals surface area contributed by atoms with E-state index in [0.717, 1.165) is 87.6 Å². The van der Waals surface area contributed by atoms with Crippen molar-refractivity contribution in [1.29, 1.82) is 0 Å². The number of aryl methyl sites for hydroxylation is 2. The smallest absolute Gasteiger partial charge is 0.286 e. The number of thioether (sulfide) groups is 2. The molecule has 0 bridgehead atoms. The lowest BCUT2D eigenvalue weighted by Gasteiger charge is -2.47. The SMILES string of the molecule is CCCN1C[C@H](CSC)C[C@@H]2c3cccc4[nH]cc(c34)C[C@H]21.CCc1ccc(CCOc2ccc(CC3SC(=O)NC3=O)cc2)nc1.Cc1nnc2n1-c1ccc(Cl)cc1C(c1ccccc1)=NC2. The lowest BCUT2D eigenvalue weighted by Crippen LogP contribution is -2.50. The van der Waals surface area contributed by atoms with Crippen LogP contribution >= 0.6 is 35.1 Å². The van der Waals surface area contributed by atoms with E-state index in [9.17, 15) is 9.59 Å². The van der Waals surface area contributed by atoms with Gasteiger partial charge in [0.15, 0.2) is 5.82 Å². The number of H-pyrrole nitrogens is 1. The van der Waals surface area contributed by atoms with E-state index in [2.05, 4.69) is 93.1 Å². The van der Waals surface area contributed by atoms with Crippen LogP contribution in [0.3, 0.4) is 0 Å². The van der Waals surface area contributed by atoms with Crippen molar-refractivity contribution in [2.45, 2.75) is 83.1 Å². The lowest BCUT2D eigenvalue weighted by molar-refractivity contribution is -0.118. The van der Waals surface area contributed by atoms with Crippen LogP contribution in [0.2, 0.25) is 5.02 Å². The van der Waals surface area contributed by atoms with Crippen LogP contribution in [0.4, 0.5) is 4.79 Å². The van der Waals surface area contributed by atoms with Gasteiger partial charge in [-0.1, -0.05) is 97.9 Å². The van der Waals surface area contributed by atoms with Crippen LogP contribution in [-0.2, 0) is 37.0 Å². The fourth-order valence-electron chi connectivity index (χ4n) is 10.1. The Morgan fingerprint density at radius 2 is 1.77 bits per heavy atom. The van der Waals surface area contributed by atoms with Gasteiger partial charge in [-0.15, -0.1) is 10.2 Å². The van der Waals surface area contributed by atoms with Gasteiger partial charge in [-0.25, -0.2) is 0 Å². The Kier molecular flexibility index (Phi) is 15.6. The fourth-order valence-corrected chi connectivity index (χ4v) is 11.9. The largest absolute Gasteiger partial charge is 0.493 e. The van der Waals surface area contributed by atoms with Crippen molar-refractivity contribution in [1.82, 2.24) is 34.9 Å². The lowest BCUT2D eigenvalue weighted by atomic mass is 9.72. The van der Waals surface area contributed by atoms with Crippen molar-refractivity contribution < 1.29 is 14.3 Å². The first-order chi connectivity index (χ1) is 33.7. The highest BCUT2D eigenvalue weighted by molar-refractivity contribution is 8.15. The second kappa shape index (κ2) is 22.4. The molecule has 1 unspecified atom stereocenters. The van der Waals surface area contributed by atoms with Crippen molar-refractivity contribution in [2.24, 2.45) is 10.9 Å². The maximum atomic E-state index is 11.6. The van der Waals surface area contributed by atoms with Gasteiger partial charge >= 0.3 is 0 Å². The Bertz CT molecular complexity index is 2920. The number of piperidine rings is 1. The van der Waals surface area contributed by atoms with Crippen molar-refractivity contribution in [3.8, 4) is 11.4 Å². The van der Waals surface area contributed by atoms with Gasteiger partial charge in [-0.2, -0.15) is 11.8 Å². The molecule has 1 aliphatic carbocycles. The standard InChI is InChI=1S/C19H20N2O3S.C19H26N2S.C17H13ClN4/c1-2-13-3-6-15(20-12-13)9-10-24-16-7-4-14(5-8-16)11-17-18(22)21-19(23)25-17;1-3-7-21-11-13(12-22-2)8-16-15-5-4-6-17-19(15)14(10-20-17)9-18(16)21;1-11-20-21-16-10-19-17(12-5-3-2-4-6-12)14-9-13(18)7-8-15(14)22(11)16/h3-8,12,17H,2,9-11H2,1H3,(H,21,22,23);4-6,10,13,16,18,20H,3,7-9,11-12H2,1-2H3;2-9H,10H2,1H3/t;13-,16-,18-;/m.1./s1.